The Kier molecular flexibility index (Phi) is 3.60. The second-order valence-corrected chi connectivity index (χ2v) is 5.65. The van der Waals surface area contributed by atoms with Gasteiger partial charge in [-0.1, -0.05) is 35.9 Å². The molecule has 1 N–H and O–H groups in total. The zero-order chi connectivity index (χ0) is 14.9. The summed E-state index contributed by atoms with van der Waals surface area (Å²) in [6.07, 6.45) is 1.88. The Bertz CT molecular complexity index is 663. The van der Waals surface area contributed by atoms with Crippen LogP contribution in [0.1, 0.15) is 28.8 Å². The molecule has 1 saturated carbocycles. The number of methoxy groups -OCH3 is 1. The molecule has 0 atom stereocenters. The summed E-state index contributed by atoms with van der Waals surface area (Å²) < 4.78 is 5.16. The topological polar surface area (TPSA) is 38.3 Å². The zero-order valence-electron chi connectivity index (χ0n) is 11.7. The van der Waals surface area contributed by atoms with Crippen LogP contribution >= 0.6 is 11.6 Å². The van der Waals surface area contributed by atoms with Gasteiger partial charge in [0.15, 0.2) is 0 Å². The Labute approximate surface area is 128 Å². The molecule has 1 amide bonds. The predicted molar refractivity (Wildman–Crippen MR) is 82.8 cm³/mol. The van der Waals surface area contributed by atoms with Gasteiger partial charge < -0.3 is 10.1 Å². The van der Waals surface area contributed by atoms with E-state index in [1.54, 1.807) is 19.2 Å². The minimum Gasteiger partial charge on any atom is -0.497 e. The maximum absolute atomic E-state index is 12.4. The van der Waals surface area contributed by atoms with Crippen molar-refractivity contribution in [2.75, 3.05) is 7.11 Å². The number of nitrogens with one attached hydrogen (secondary N) is 1. The molecule has 0 heterocycles. The van der Waals surface area contributed by atoms with Gasteiger partial charge in [-0.15, -0.1) is 0 Å². The van der Waals surface area contributed by atoms with Crippen LogP contribution in [0.4, 0.5) is 0 Å². The molecular formula is C17H16ClNO2. The van der Waals surface area contributed by atoms with Crippen LogP contribution in [-0.2, 0) is 5.54 Å². The summed E-state index contributed by atoms with van der Waals surface area (Å²) >= 11 is 6.08. The quantitative estimate of drug-likeness (QED) is 0.933. The molecule has 3 nitrogen and oxygen atoms in total. The molecule has 2 aromatic rings. The number of hydrogen-bond acceptors (Lipinski definition) is 2. The Morgan fingerprint density at radius 1 is 1.14 bits per heavy atom. The van der Waals surface area contributed by atoms with Gasteiger partial charge in [0.1, 0.15) is 5.75 Å². The molecule has 21 heavy (non-hydrogen) atoms. The highest BCUT2D eigenvalue weighted by atomic mass is 35.5. The molecule has 1 aliphatic carbocycles. The van der Waals surface area contributed by atoms with Gasteiger partial charge in [0.05, 0.1) is 23.2 Å². The minimum absolute atomic E-state index is 0.131. The van der Waals surface area contributed by atoms with E-state index in [0.29, 0.717) is 10.6 Å². The first-order chi connectivity index (χ1) is 10.1. The van der Waals surface area contributed by atoms with E-state index in [1.807, 2.05) is 36.4 Å². The fourth-order valence-corrected chi connectivity index (χ4v) is 2.67. The molecule has 1 fully saturated rings. The van der Waals surface area contributed by atoms with Crippen molar-refractivity contribution in [2.24, 2.45) is 0 Å². The van der Waals surface area contributed by atoms with Crippen molar-refractivity contribution in [1.82, 2.24) is 5.32 Å². The van der Waals surface area contributed by atoms with Crippen molar-refractivity contribution < 1.29 is 9.53 Å². The summed E-state index contributed by atoms with van der Waals surface area (Å²) in [6, 6.07) is 14.9. The summed E-state index contributed by atoms with van der Waals surface area (Å²) in [5.41, 5.74) is 1.35. The number of benzene rings is 2. The maximum Gasteiger partial charge on any atom is 0.253 e. The zero-order valence-corrected chi connectivity index (χ0v) is 12.5. The number of rotatable bonds is 4. The van der Waals surface area contributed by atoms with Gasteiger partial charge in [0.25, 0.3) is 5.91 Å². The maximum atomic E-state index is 12.4. The van der Waals surface area contributed by atoms with Crippen molar-refractivity contribution >= 4 is 17.5 Å². The fraction of sp³-hybridized carbons (Fsp3) is 0.235. The molecule has 2 aromatic carbocycles. The average Bonchev–Trinajstić information content (AvgIpc) is 3.28. The third-order valence-electron chi connectivity index (χ3n) is 3.86. The molecule has 3 rings (SSSR count). The van der Waals surface area contributed by atoms with Gasteiger partial charge in [-0.3, -0.25) is 4.79 Å². The van der Waals surface area contributed by atoms with Crippen LogP contribution in [0.25, 0.3) is 0 Å². The van der Waals surface area contributed by atoms with E-state index in [2.05, 4.69) is 5.32 Å². The van der Waals surface area contributed by atoms with Crippen molar-refractivity contribution in [3.05, 3.63) is 64.7 Å². The Hall–Kier alpha value is -2.00. The van der Waals surface area contributed by atoms with Gasteiger partial charge in [-0.05, 0) is 42.7 Å². The summed E-state index contributed by atoms with van der Waals surface area (Å²) in [6.45, 7) is 0. The highest BCUT2D eigenvalue weighted by molar-refractivity contribution is 6.33. The molecule has 1 aliphatic rings. The van der Waals surface area contributed by atoms with E-state index >= 15 is 0 Å². The minimum atomic E-state index is -0.261. The largest absolute Gasteiger partial charge is 0.497 e. The second-order valence-electron chi connectivity index (χ2n) is 5.24. The number of carbonyl (C=O) groups excluding carboxylic acids is 1. The molecule has 0 aromatic heterocycles. The molecular weight excluding hydrogens is 286 g/mol. The molecule has 0 spiro atoms. The van der Waals surface area contributed by atoms with E-state index in [1.165, 1.54) is 0 Å². The van der Waals surface area contributed by atoms with Crippen LogP contribution in [0.15, 0.2) is 48.5 Å². The fourth-order valence-electron chi connectivity index (χ4n) is 2.45. The molecule has 108 valence electrons. The van der Waals surface area contributed by atoms with Gasteiger partial charge >= 0.3 is 0 Å². The van der Waals surface area contributed by atoms with Crippen molar-refractivity contribution in [3.63, 3.8) is 0 Å². The third-order valence-corrected chi connectivity index (χ3v) is 4.19. The summed E-state index contributed by atoms with van der Waals surface area (Å²) in [4.78, 5) is 12.4. The lowest BCUT2D eigenvalue weighted by molar-refractivity contribution is 0.0931. The van der Waals surface area contributed by atoms with Crippen LogP contribution in [0, 0.1) is 0 Å². The van der Waals surface area contributed by atoms with Crippen LogP contribution in [0.2, 0.25) is 5.02 Å². The first-order valence-corrected chi connectivity index (χ1v) is 7.24. The molecule has 0 aliphatic heterocycles. The van der Waals surface area contributed by atoms with E-state index < -0.39 is 0 Å². The number of hydrogen-bond donors (Lipinski definition) is 1. The van der Waals surface area contributed by atoms with Gasteiger partial charge in [-0.2, -0.15) is 0 Å². The van der Waals surface area contributed by atoms with E-state index in [-0.39, 0.29) is 11.4 Å². The standard InChI is InChI=1S/C17H16ClNO2/c1-21-13-8-6-12(7-9-13)17(10-11-17)19-16(20)14-4-2-3-5-15(14)18/h2-9H,10-11H2,1H3,(H,19,20). The molecule has 4 heteroatoms. The normalized spacial score (nSPS) is 15.3. The lowest BCUT2D eigenvalue weighted by Gasteiger charge is -2.18. The smallest absolute Gasteiger partial charge is 0.253 e. The van der Waals surface area contributed by atoms with Crippen molar-refractivity contribution in [3.8, 4) is 5.75 Å². The Morgan fingerprint density at radius 2 is 1.81 bits per heavy atom. The third kappa shape index (κ3) is 2.74. The monoisotopic (exact) mass is 301 g/mol. The lowest BCUT2D eigenvalue weighted by atomic mass is 10.0. The number of carbonyl (C=O) groups is 1. The molecule has 0 saturated heterocycles. The first kappa shape index (κ1) is 14.0. The second kappa shape index (κ2) is 5.41. The summed E-state index contributed by atoms with van der Waals surface area (Å²) in [7, 11) is 1.64. The van der Waals surface area contributed by atoms with E-state index in [4.69, 9.17) is 16.3 Å². The highest BCUT2D eigenvalue weighted by Crippen LogP contribution is 2.46. The number of ether oxygens (including phenoxy) is 1. The van der Waals surface area contributed by atoms with Gasteiger partial charge in [-0.25, -0.2) is 0 Å². The first-order valence-electron chi connectivity index (χ1n) is 6.86. The van der Waals surface area contributed by atoms with Crippen molar-refractivity contribution in [2.45, 2.75) is 18.4 Å². The molecule has 0 radical (unpaired) electrons. The predicted octanol–water partition coefficient (Wildman–Crippen LogP) is 3.77. The number of amides is 1. The summed E-state index contributed by atoms with van der Waals surface area (Å²) in [5.74, 6) is 0.681. The highest BCUT2D eigenvalue weighted by Gasteiger charge is 2.45. The van der Waals surface area contributed by atoms with Crippen molar-refractivity contribution in [1.29, 1.82) is 0 Å². The van der Waals surface area contributed by atoms with Gasteiger partial charge in [0, 0.05) is 0 Å². The van der Waals surface area contributed by atoms with Crippen LogP contribution in [-0.4, -0.2) is 13.0 Å². The Balaban J connectivity index is 1.80. The van der Waals surface area contributed by atoms with E-state index in [0.717, 1.165) is 24.2 Å². The van der Waals surface area contributed by atoms with Gasteiger partial charge in [0.2, 0.25) is 0 Å². The summed E-state index contributed by atoms with van der Waals surface area (Å²) in [5, 5.41) is 3.59. The molecule has 0 bridgehead atoms. The molecule has 0 unspecified atom stereocenters. The number of halogens is 1. The SMILES string of the molecule is COc1ccc(C2(NC(=O)c3ccccc3Cl)CC2)cc1. The van der Waals surface area contributed by atoms with Crippen LogP contribution in [0.5, 0.6) is 5.75 Å². The lowest BCUT2D eigenvalue weighted by Crippen LogP contribution is -2.34. The van der Waals surface area contributed by atoms with Crippen LogP contribution < -0.4 is 10.1 Å². The van der Waals surface area contributed by atoms with Crippen LogP contribution in [0.3, 0.4) is 0 Å². The van der Waals surface area contributed by atoms with E-state index in [9.17, 15) is 4.79 Å². The Morgan fingerprint density at radius 3 is 2.38 bits per heavy atom. The average molecular weight is 302 g/mol.